The summed E-state index contributed by atoms with van der Waals surface area (Å²) in [7, 11) is 1.75. The lowest BCUT2D eigenvalue weighted by Gasteiger charge is -2.22. The second-order valence-corrected chi connectivity index (χ2v) is 5.68. The van der Waals surface area contributed by atoms with E-state index in [1.807, 2.05) is 0 Å². The number of nitrogens with zero attached hydrogens (tertiary/aromatic N) is 2. The third-order valence-electron chi connectivity index (χ3n) is 4.27. The first-order valence-electron chi connectivity index (χ1n) is 7.85. The highest BCUT2D eigenvalue weighted by molar-refractivity contribution is 5.04. The molecule has 0 amide bonds. The van der Waals surface area contributed by atoms with Gasteiger partial charge in [-0.1, -0.05) is 19.0 Å². The maximum atomic E-state index is 5.69. The van der Waals surface area contributed by atoms with Gasteiger partial charge in [-0.25, -0.2) is 0 Å². The smallest absolute Gasteiger partial charge is 0.228 e. The topological polar surface area (TPSA) is 60.2 Å². The number of rotatable bonds is 8. The van der Waals surface area contributed by atoms with Gasteiger partial charge >= 0.3 is 0 Å². The molecule has 1 heterocycles. The molecule has 0 radical (unpaired) electrons. The predicted molar refractivity (Wildman–Crippen MR) is 77.5 cm³/mol. The highest BCUT2D eigenvalue weighted by Gasteiger charge is 2.40. The van der Waals surface area contributed by atoms with Crippen molar-refractivity contribution < 1.29 is 9.26 Å². The molecule has 2 rings (SSSR count). The van der Waals surface area contributed by atoms with Crippen molar-refractivity contribution in [2.45, 2.75) is 70.4 Å². The normalized spacial score (nSPS) is 19.4. The van der Waals surface area contributed by atoms with E-state index < -0.39 is 0 Å². The largest absolute Gasteiger partial charge is 0.370 e. The molecule has 1 atom stereocenters. The fraction of sp³-hybridized carbons (Fsp3) is 0.867. The number of methoxy groups -OCH3 is 1. The highest BCUT2D eigenvalue weighted by atomic mass is 16.5. The van der Waals surface area contributed by atoms with E-state index >= 15 is 0 Å². The molecule has 5 nitrogen and oxygen atoms in total. The Morgan fingerprint density at radius 1 is 1.35 bits per heavy atom. The minimum atomic E-state index is -0.305. The number of ether oxygens (including phenoxy) is 1. The summed E-state index contributed by atoms with van der Waals surface area (Å²) < 4.78 is 11.1. The molecular formula is C15H27N3O2. The third kappa shape index (κ3) is 3.38. The van der Waals surface area contributed by atoms with Gasteiger partial charge in [-0.2, -0.15) is 4.98 Å². The van der Waals surface area contributed by atoms with Crippen molar-refractivity contribution in [2.75, 3.05) is 13.7 Å². The fourth-order valence-corrected chi connectivity index (χ4v) is 2.91. The minimum absolute atomic E-state index is 0.305. The quantitative estimate of drug-likeness (QED) is 0.794. The molecule has 1 unspecified atom stereocenters. The van der Waals surface area contributed by atoms with Gasteiger partial charge in [-0.15, -0.1) is 0 Å². The molecule has 0 saturated heterocycles. The second-order valence-electron chi connectivity index (χ2n) is 5.68. The molecule has 0 spiro atoms. The number of nitrogens with one attached hydrogen (secondary N) is 1. The van der Waals surface area contributed by atoms with Gasteiger partial charge in [0, 0.05) is 19.6 Å². The van der Waals surface area contributed by atoms with E-state index in [4.69, 9.17) is 9.26 Å². The second kappa shape index (κ2) is 7.18. The van der Waals surface area contributed by atoms with Crippen LogP contribution in [0.1, 0.15) is 64.1 Å². The zero-order valence-electron chi connectivity index (χ0n) is 12.9. The number of aromatic nitrogens is 2. The highest BCUT2D eigenvalue weighted by Crippen LogP contribution is 2.40. The molecular weight excluding hydrogens is 254 g/mol. The molecule has 1 aromatic rings. The summed E-state index contributed by atoms with van der Waals surface area (Å²) in [5.74, 6) is 1.46. The van der Waals surface area contributed by atoms with Gasteiger partial charge in [0.05, 0.1) is 0 Å². The molecule has 20 heavy (non-hydrogen) atoms. The first kappa shape index (κ1) is 15.4. The van der Waals surface area contributed by atoms with Gasteiger partial charge in [0.2, 0.25) is 11.7 Å². The SMILES string of the molecule is CCCNC(CC)Cc1nc(C2(OC)CCCC2)no1. The van der Waals surface area contributed by atoms with Gasteiger partial charge in [0.25, 0.3) is 0 Å². The van der Waals surface area contributed by atoms with Crippen LogP contribution in [0.3, 0.4) is 0 Å². The summed E-state index contributed by atoms with van der Waals surface area (Å²) in [5.41, 5.74) is -0.305. The van der Waals surface area contributed by atoms with Crippen LogP contribution in [0, 0.1) is 0 Å². The zero-order valence-corrected chi connectivity index (χ0v) is 12.9. The van der Waals surface area contributed by atoms with Crippen LogP contribution in [0.5, 0.6) is 0 Å². The Morgan fingerprint density at radius 3 is 2.70 bits per heavy atom. The minimum Gasteiger partial charge on any atom is -0.370 e. The summed E-state index contributed by atoms with van der Waals surface area (Å²) >= 11 is 0. The molecule has 1 aliphatic rings. The molecule has 1 N–H and O–H groups in total. The van der Waals surface area contributed by atoms with Gasteiger partial charge in [0.1, 0.15) is 5.60 Å². The molecule has 1 aliphatic carbocycles. The molecule has 1 fully saturated rings. The Morgan fingerprint density at radius 2 is 2.10 bits per heavy atom. The molecule has 1 saturated carbocycles. The molecule has 0 bridgehead atoms. The fourth-order valence-electron chi connectivity index (χ4n) is 2.91. The standard InChI is InChI=1S/C15H27N3O2/c1-4-10-16-12(5-2)11-13-17-14(18-20-13)15(19-3)8-6-7-9-15/h12,16H,4-11H2,1-3H3. The summed E-state index contributed by atoms with van der Waals surface area (Å²) in [5, 5.41) is 7.68. The van der Waals surface area contributed by atoms with Crippen LogP contribution in [-0.4, -0.2) is 29.8 Å². The van der Waals surface area contributed by atoms with Crippen LogP contribution in [0.25, 0.3) is 0 Å². The summed E-state index contributed by atoms with van der Waals surface area (Å²) in [6.07, 6.45) is 7.33. The average molecular weight is 281 g/mol. The first-order chi connectivity index (χ1) is 9.74. The number of hydrogen-bond acceptors (Lipinski definition) is 5. The summed E-state index contributed by atoms with van der Waals surface area (Å²) in [6, 6.07) is 0.408. The van der Waals surface area contributed by atoms with Crippen molar-refractivity contribution in [3.05, 3.63) is 11.7 Å². The molecule has 1 aromatic heterocycles. The molecule has 0 aliphatic heterocycles. The van der Waals surface area contributed by atoms with Crippen LogP contribution in [0.4, 0.5) is 0 Å². The van der Waals surface area contributed by atoms with Gasteiger partial charge in [-0.05, 0) is 45.1 Å². The van der Waals surface area contributed by atoms with E-state index in [0.29, 0.717) is 6.04 Å². The van der Waals surface area contributed by atoms with E-state index in [1.54, 1.807) is 7.11 Å². The van der Waals surface area contributed by atoms with Crippen LogP contribution < -0.4 is 5.32 Å². The van der Waals surface area contributed by atoms with Crippen molar-refractivity contribution in [3.63, 3.8) is 0 Å². The van der Waals surface area contributed by atoms with E-state index in [2.05, 4.69) is 29.3 Å². The predicted octanol–water partition coefficient (Wildman–Crippen LogP) is 2.81. The average Bonchev–Trinajstić information content (AvgIpc) is 3.12. The third-order valence-corrected chi connectivity index (χ3v) is 4.27. The zero-order chi connectivity index (χ0) is 14.4. The Kier molecular flexibility index (Phi) is 5.54. The summed E-state index contributed by atoms with van der Waals surface area (Å²) in [6.45, 7) is 5.38. The maximum Gasteiger partial charge on any atom is 0.228 e. The van der Waals surface area contributed by atoms with E-state index in [1.165, 1.54) is 12.8 Å². The van der Waals surface area contributed by atoms with E-state index in [-0.39, 0.29) is 5.60 Å². The Hall–Kier alpha value is -0.940. The van der Waals surface area contributed by atoms with Crippen LogP contribution in [0.2, 0.25) is 0 Å². The van der Waals surface area contributed by atoms with Crippen LogP contribution >= 0.6 is 0 Å². The van der Waals surface area contributed by atoms with E-state index in [9.17, 15) is 0 Å². The van der Waals surface area contributed by atoms with Crippen molar-refractivity contribution in [3.8, 4) is 0 Å². The summed E-state index contributed by atoms with van der Waals surface area (Å²) in [4.78, 5) is 4.59. The lowest BCUT2D eigenvalue weighted by molar-refractivity contribution is -0.0178. The Balaban J connectivity index is 2.01. The lowest BCUT2D eigenvalue weighted by Crippen LogP contribution is -2.31. The molecule has 5 heteroatoms. The van der Waals surface area contributed by atoms with Gasteiger partial charge in [0.15, 0.2) is 0 Å². The van der Waals surface area contributed by atoms with Crippen molar-refractivity contribution >= 4 is 0 Å². The number of hydrogen-bond donors (Lipinski definition) is 1. The first-order valence-corrected chi connectivity index (χ1v) is 7.85. The Labute approximate surface area is 121 Å². The van der Waals surface area contributed by atoms with Crippen molar-refractivity contribution in [1.29, 1.82) is 0 Å². The van der Waals surface area contributed by atoms with E-state index in [0.717, 1.165) is 50.4 Å². The molecule has 0 aromatic carbocycles. The van der Waals surface area contributed by atoms with Crippen LogP contribution in [-0.2, 0) is 16.8 Å². The van der Waals surface area contributed by atoms with Crippen molar-refractivity contribution in [2.24, 2.45) is 0 Å². The maximum absolute atomic E-state index is 5.69. The van der Waals surface area contributed by atoms with Crippen molar-refractivity contribution in [1.82, 2.24) is 15.5 Å². The lowest BCUT2D eigenvalue weighted by atomic mass is 10.0. The Bertz CT molecular complexity index is 400. The molecule has 114 valence electrons. The van der Waals surface area contributed by atoms with Gasteiger partial charge < -0.3 is 14.6 Å². The monoisotopic (exact) mass is 281 g/mol. The van der Waals surface area contributed by atoms with Gasteiger partial charge in [-0.3, -0.25) is 0 Å². The van der Waals surface area contributed by atoms with Crippen LogP contribution in [0.15, 0.2) is 4.52 Å².